The summed E-state index contributed by atoms with van der Waals surface area (Å²) in [6.45, 7) is 6.00. The first kappa shape index (κ1) is 16.4. The Morgan fingerprint density at radius 2 is 1.64 bits per heavy atom. The van der Waals surface area contributed by atoms with Crippen LogP contribution < -0.4 is 5.32 Å². The lowest BCUT2D eigenvalue weighted by Crippen LogP contribution is -2.20. The molecular weight excluding hydrogens is 294 g/mol. The zero-order valence-electron chi connectivity index (χ0n) is 13.2. The normalized spacial score (nSPS) is 12.0. The van der Waals surface area contributed by atoms with Crippen LogP contribution in [0.2, 0.25) is 0 Å². The molecule has 4 heteroatoms. The van der Waals surface area contributed by atoms with Crippen molar-refractivity contribution in [3.05, 3.63) is 64.7 Å². The third-order valence-corrected chi connectivity index (χ3v) is 4.67. The molecule has 3 nitrogen and oxygen atoms in total. The molecule has 0 aromatic heterocycles. The fraction of sp³-hybridized carbons (Fsp3) is 0.278. The van der Waals surface area contributed by atoms with Crippen LogP contribution in [0.5, 0.6) is 0 Å². The van der Waals surface area contributed by atoms with Crippen LogP contribution in [0.4, 0.5) is 5.69 Å². The number of carbonyl (C=O) groups excluding carboxylic acids is 1. The van der Waals surface area contributed by atoms with Crippen LogP contribution in [0.25, 0.3) is 0 Å². The standard InChI is InChI=1S/C18H21NO2S/c1-13-5-8-17(9-6-13)19-18(20)12-22(21)11-16-10-14(2)4-7-15(16)3/h4-10H,11-12H2,1-3H3,(H,19,20). The molecule has 2 aromatic carbocycles. The molecule has 1 atom stereocenters. The molecule has 0 aliphatic heterocycles. The second-order valence-corrected chi connectivity index (χ2v) is 7.03. The van der Waals surface area contributed by atoms with Crippen molar-refractivity contribution in [1.82, 2.24) is 0 Å². The van der Waals surface area contributed by atoms with E-state index in [0.717, 1.165) is 27.9 Å². The lowest BCUT2D eigenvalue weighted by Gasteiger charge is -2.08. The Labute approximate surface area is 134 Å². The van der Waals surface area contributed by atoms with Crippen molar-refractivity contribution in [3.8, 4) is 0 Å². The number of aryl methyl sites for hydroxylation is 3. The summed E-state index contributed by atoms with van der Waals surface area (Å²) in [6, 6.07) is 13.7. The molecule has 2 aromatic rings. The Morgan fingerprint density at radius 1 is 1.00 bits per heavy atom. The Morgan fingerprint density at radius 3 is 2.32 bits per heavy atom. The number of anilines is 1. The van der Waals surface area contributed by atoms with E-state index in [0.29, 0.717) is 5.75 Å². The van der Waals surface area contributed by atoms with Crippen molar-refractivity contribution in [2.75, 3.05) is 11.1 Å². The first-order chi connectivity index (χ1) is 10.4. The molecule has 1 N–H and O–H groups in total. The molecule has 0 fully saturated rings. The van der Waals surface area contributed by atoms with Gasteiger partial charge in [-0.3, -0.25) is 9.00 Å². The second kappa shape index (κ2) is 7.36. The minimum absolute atomic E-state index is 0.0151. The summed E-state index contributed by atoms with van der Waals surface area (Å²) in [5.74, 6) is 0.211. The van der Waals surface area contributed by atoms with Crippen molar-refractivity contribution in [3.63, 3.8) is 0 Å². The van der Waals surface area contributed by atoms with E-state index in [-0.39, 0.29) is 11.7 Å². The molecule has 0 aliphatic carbocycles. The van der Waals surface area contributed by atoms with Crippen LogP contribution in [-0.4, -0.2) is 15.9 Å². The number of nitrogens with one attached hydrogen (secondary N) is 1. The van der Waals surface area contributed by atoms with Crippen LogP contribution in [0.1, 0.15) is 22.3 Å². The van der Waals surface area contributed by atoms with Crippen LogP contribution >= 0.6 is 0 Å². The zero-order chi connectivity index (χ0) is 16.1. The van der Waals surface area contributed by atoms with E-state index in [1.807, 2.05) is 63.2 Å². The lowest BCUT2D eigenvalue weighted by atomic mass is 10.1. The summed E-state index contributed by atoms with van der Waals surface area (Å²) in [5.41, 5.74) is 5.16. The number of rotatable bonds is 5. The molecule has 0 saturated carbocycles. The van der Waals surface area contributed by atoms with Crippen LogP contribution in [0, 0.1) is 20.8 Å². The largest absolute Gasteiger partial charge is 0.325 e. The molecule has 22 heavy (non-hydrogen) atoms. The van der Waals surface area contributed by atoms with Gasteiger partial charge in [0, 0.05) is 22.2 Å². The van der Waals surface area contributed by atoms with Gasteiger partial charge in [0.25, 0.3) is 0 Å². The van der Waals surface area contributed by atoms with E-state index in [1.165, 1.54) is 0 Å². The van der Waals surface area contributed by atoms with E-state index in [2.05, 4.69) is 5.32 Å². The van der Waals surface area contributed by atoms with Crippen molar-refractivity contribution < 1.29 is 9.00 Å². The fourth-order valence-electron chi connectivity index (χ4n) is 2.16. The molecule has 2 rings (SSSR count). The number of benzene rings is 2. The first-order valence-electron chi connectivity index (χ1n) is 7.21. The highest BCUT2D eigenvalue weighted by Gasteiger charge is 2.10. The van der Waals surface area contributed by atoms with Gasteiger partial charge < -0.3 is 5.32 Å². The fourth-order valence-corrected chi connectivity index (χ4v) is 3.28. The molecule has 1 amide bonds. The quantitative estimate of drug-likeness (QED) is 0.918. The smallest absolute Gasteiger partial charge is 0.237 e. The average molecular weight is 315 g/mol. The summed E-state index contributed by atoms with van der Waals surface area (Å²) >= 11 is 0. The number of carbonyl (C=O) groups is 1. The summed E-state index contributed by atoms with van der Waals surface area (Å²) in [4.78, 5) is 11.9. The molecule has 0 bridgehead atoms. The number of hydrogen-bond donors (Lipinski definition) is 1. The molecule has 0 heterocycles. The Kier molecular flexibility index (Phi) is 5.50. The van der Waals surface area contributed by atoms with Gasteiger partial charge in [0.05, 0.1) is 0 Å². The maximum atomic E-state index is 12.2. The van der Waals surface area contributed by atoms with E-state index < -0.39 is 10.8 Å². The average Bonchev–Trinajstić information content (AvgIpc) is 2.45. The van der Waals surface area contributed by atoms with E-state index in [4.69, 9.17) is 0 Å². The third kappa shape index (κ3) is 4.81. The van der Waals surface area contributed by atoms with Crippen LogP contribution in [-0.2, 0) is 21.3 Å². The summed E-state index contributed by atoms with van der Waals surface area (Å²) < 4.78 is 12.2. The summed E-state index contributed by atoms with van der Waals surface area (Å²) in [5, 5.41) is 2.78. The predicted octanol–water partition coefficient (Wildman–Crippen LogP) is 3.50. The molecule has 0 radical (unpaired) electrons. The van der Waals surface area contributed by atoms with Crippen molar-refractivity contribution >= 4 is 22.4 Å². The maximum absolute atomic E-state index is 12.2. The van der Waals surface area contributed by atoms with E-state index in [1.54, 1.807) is 0 Å². The Bertz CT molecular complexity index is 693. The molecule has 0 saturated heterocycles. The second-order valence-electron chi connectivity index (χ2n) is 5.57. The zero-order valence-corrected chi connectivity index (χ0v) is 14.0. The highest BCUT2D eigenvalue weighted by atomic mass is 32.2. The minimum atomic E-state index is -1.21. The van der Waals surface area contributed by atoms with E-state index in [9.17, 15) is 9.00 Å². The molecule has 116 valence electrons. The highest BCUT2D eigenvalue weighted by Crippen LogP contribution is 2.13. The molecule has 1 unspecified atom stereocenters. The highest BCUT2D eigenvalue weighted by molar-refractivity contribution is 7.84. The Balaban J connectivity index is 1.92. The van der Waals surface area contributed by atoms with Gasteiger partial charge in [0.2, 0.25) is 5.91 Å². The number of hydrogen-bond acceptors (Lipinski definition) is 2. The first-order valence-corrected chi connectivity index (χ1v) is 8.70. The van der Waals surface area contributed by atoms with Gasteiger partial charge in [-0.2, -0.15) is 0 Å². The van der Waals surface area contributed by atoms with Gasteiger partial charge in [-0.25, -0.2) is 0 Å². The van der Waals surface area contributed by atoms with Crippen molar-refractivity contribution in [2.45, 2.75) is 26.5 Å². The van der Waals surface area contributed by atoms with Crippen LogP contribution in [0.15, 0.2) is 42.5 Å². The van der Waals surface area contributed by atoms with Crippen molar-refractivity contribution in [1.29, 1.82) is 0 Å². The summed E-state index contributed by atoms with van der Waals surface area (Å²) in [7, 11) is -1.21. The maximum Gasteiger partial charge on any atom is 0.237 e. The van der Waals surface area contributed by atoms with Gasteiger partial charge in [0.1, 0.15) is 5.75 Å². The number of amides is 1. The topological polar surface area (TPSA) is 46.2 Å². The van der Waals surface area contributed by atoms with Gasteiger partial charge in [-0.1, -0.05) is 41.5 Å². The Hall–Kier alpha value is -1.94. The lowest BCUT2D eigenvalue weighted by molar-refractivity contribution is -0.113. The molecule has 0 aliphatic rings. The third-order valence-electron chi connectivity index (χ3n) is 3.45. The van der Waals surface area contributed by atoms with Gasteiger partial charge in [0.15, 0.2) is 0 Å². The SMILES string of the molecule is Cc1ccc(NC(=O)CS(=O)Cc2cc(C)ccc2C)cc1. The van der Waals surface area contributed by atoms with Gasteiger partial charge in [-0.05, 0) is 44.0 Å². The van der Waals surface area contributed by atoms with Gasteiger partial charge >= 0.3 is 0 Å². The molecular formula is C18H21NO2S. The molecule has 0 spiro atoms. The van der Waals surface area contributed by atoms with Crippen molar-refractivity contribution in [2.24, 2.45) is 0 Å². The summed E-state index contributed by atoms with van der Waals surface area (Å²) in [6.07, 6.45) is 0. The van der Waals surface area contributed by atoms with Gasteiger partial charge in [-0.15, -0.1) is 0 Å². The van der Waals surface area contributed by atoms with Crippen LogP contribution in [0.3, 0.4) is 0 Å². The minimum Gasteiger partial charge on any atom is -0.325 e. The predicted molar refractivity (Wildman–Crippen MR) is 92.4 cm³/mol. The monoisotopic (exact) mass is 315 g/mol. The van der Waals surface area contributed by atoms with E-state index >= 15 is 0 Å².